The summed E-state index contributed by atoms with van der Waals surface area (Å²) in [5.74, 6) is -1.11. The molecule has 1 saturated carbocycles. The highest BCUT2D eigenvalue weighted by molar-refractivity contribution is 6.07. The quantitative estimate of drug-likeness (QED) is 0.0313. The summed E-state index contributed by atoms with van der Waals surface area (Å²) >= 11 is 0. The molecule has 13 rings (SSSR count). The summed E-state index contributed by atoms with van der Waals surface area (Å²) in [6.45, 7) is 10.5. The molecule has 1 spiro atoms. The van der Waals surface area contributed by atoms with Crippen molar-refractivity contribution in [1.29, 1.82) is 0 Å². The summed E-state index contributed by atoms with van der Waals surface area (Å²) in [4.78, 5) is 109. The first-order valence-corrected chi connectivity index (χ1v) is 34.2. The standard InChI is InChI=1S/C75H84N12O14/c1-42(2)66(80-63(88)23-25-65(89)84-38-47-14-9-10-15-51(47)68-67(81-82-87(68)43(3)4)52-16-11-12-17-56(52)84)70(91)78-44(5)69(90)79-49-21-18-45(19-22-49)40-101-74(95)86-57-34-62(60(97-7)32-54(57)72(93)85-41-75(26-27-75)35-58(85)73(86)94)100-29-13-28-99-61-33-55-53(31-59(61)96-6)71(92)83-39-48(30-50(83)37-76-55)46-20-24-64(98-8)77-36-46/h9-12,14-22,24,31-34,36,39,42-44,50,58,66,73,76,81-82,94H,13,23,25-30,35,37-38,40-41H2,1-8H3,(H,78,91)(H,79,90)(H,80,88)/t44-,50-,58-,66-,73?/m0/s1. The van der Waals surface area contributed by atoms with Crippen LogP contribution in [0.1, 0.15) is 128 Å². The van der Waals surface area contributed by atoms with Gasteiger partial charge in [-0.3, -0.25) is 33.8 Å². The number of aliphatic hydroxyl groups is 1. The van der Waals surface area contributed by atoms with Crippen LogP contribution in [0.15, 0.2) is 122 Å². The smallest absolute Gasteiger partial charge is 0.416 e. The van der Waals surface area contributed by atoms with Crippen LogP contribution in [0.2, 0.25) is 0 Å². The first kappa shape index (κ1) is 68.7. The van der Waals surface area contributed by atoms with Crippen molar-refractivity contribution >= 4 is 81.3 Å². The Hall–Kier alpha value is -10.9. The molecule has 7 N–H and O–H groups in total. The molecule has 6 aliphatic heterocycles. The predicted octanol–water partition coefficient (Wildman–Crippen LogP) is 8.58. The van der Waals surface area contributed by atoms with E-state index in [1.54, 1.807) is 84.3 Å². The van der Waals surface area contributed by atoms with E-state index in [9.17, 15) is 38.7 Å². The normalized spacial score (nSPS) is 18.9. The number of hydrazine groups is 2. The Labute approximate surface area is 585 Å². The number of pyridine rings is 1. The van der Waals surface area contributed by atoms with Crippen molar-refractivity contribution < 1.29 is 67.1 Å². The maximum Gasteiger partial charge on any atom is 0.416 e. The number of aliphatic hydroxyl groups excluding tert-OH is 1. The summed E-state index contributed by atoms with van der Waals surface area (Å²) in [6, 6.07) is 29.5. The summed E-state index contributed by atoms with van der Waals surface area (Å²) in [7, 11) is 4.52. The molecule has 7 heterocycles. The van der Waals surface area contributed by atoms with Crippen LogP contribution in [-0.2, 0) is 37.1 Å². The monoisotopic (exact) mass is 1380 g/mol. The lowest BCUT2D eigenvalue weighted by atomic mass is 9.95. The number of rotatable bonds is 22. The highest BCUT2D eigenvalue weighted by atomic mass is 16.6. The first-order chi connectivity index (χ1) is 48.7. The van der Waals surface area contributed by atoms with Gasteiger partial charge in [0, 0.05) is 85.8 Å². The molecule has 7 amide bonds. The molecule has 101 heavy (non-hydrogen) atoms. The number of nitrogens with one attached hydrogen (secondary N) is 6. The van der Waals surface area contributed by atoms with Gasteiger partial charge in [0.25, 0.3) is 11.8 Å². The molecule has 0 radical (unpaired) electrons. The van der Waals surface area contributed by atoms with Gasteiger partial charge >= 0.3 is 6.09 Å². The number of amides is 7. The fourth-order valence-electron chi connectivity index (χ4n) is 14.0. The van der Waals surface area contributed by atoms with Gasteiger partial charge in [-0.15, -0.1) is 5.53 Å². The number of anilines is 4. The Balaban J connectivity index is 0.611. The molecule has 5 atom stereocenters. The Morgan fingerprint density at radius 3 is 2.15 bits per heavy atom. The van der Waals surface area contributed by atoms with Crippen LogP contribution in [0.25, 0.3) is 17.0 Å². The molecule has 0 bridgehead atoms. The maximum absolute atomic E-state index is 14.5. The molecule has 1 aliphatic carbocycles. The van der Waals surface area contributed by atoms with E-state index in [0.717, 1.165) is 57.0 Å². The molecule has 6 aromatic rings. The first-order valence-electron chi connectivity index (χ1n) is 34.2. The van der Waals surface area contributed by atoms with E-state index in [2.05, 4.69) is 56.1 Å². The Bertz CT molecular complexity index is 4290. The molecule has 1 saturated heterocycles. The summed E-state index contributed by atoms with van der Waals surface area (Å²) in [5.41, 5.74) is 15.7. The van der Waals surface area contributed by atoms with E-state index < -0.39 is 48.2 Å². The molecular formula is C75H84N12O14. The number of ether oxygens (including phenoxy) is 6. The number of carbonyl (C=O) groups excluding carboxylic acids is 7. The van der Waals surface area contributed by atoms with Crippen molar-refractivity contribution in [3.63, 3.8) is 0 Å². The third kappa shape index (κ3) is 14.0. The van der Waals surface area contributed by atoms with Gasteiger partial charge in [0.1, 0.15) is 18.7 Å². The van der Waals surface area contributed by atoms with Crippen LogP contribution >= 0.6 is 0 Å². The van der Waals surface area contributed by atoms with E-state index in [1.807, 2.05) is 60.8 Å². The van der Waals surface area contributed by atoms with Crippen LogP contribution < -0.4 is 65.7 Å². The van der Waals surface area contributed by atoms with Gasteiger partial charge in [-0.05, 0) is 116 Å². The van der Waals surface area contributed by atoms with Crippen molar-refractivity contribution in [2.24, 2.45) is 11.3 Å². The number of para-hydroxylation sites is 1. The van der Waals surface area contributed by atoms with Gasteiger partial charge in [-0.25, -0.2) is 14.7 Å². The number of benzene rings is 5. The Kier molecular flexibility index (Phi) is 19.6. The van der Waals surface area contributed by atoms with Crippen molar-refractivity contribution in [2.75, 3.05) is 68.1 Å². The minimum atomic E-state index is -1.49. The number of methoxy groups -OCH3 is 3. The zero-order chi connectivity index (χ0) is 71.0. The summed E-state index contributed by atoms with van der Waals surface area (Å²) < 4.78 is 35.2. The zero-order valence-electron chi connectivity index (χ0n) is 57.7. The van der Waals surface area contributed by atoms with Crippen molar-refractivity contribution in [1.82, 2.24) is 41.4 Å². The molecule has 26 heteroatoms. The van der Waals surface area contributed by atoms with Gasteiger partial charge in [0.2, 0.25) is 29.5 Å². The third-order valence-electron chi connectivity index (χ3n) is 19.7. The lowest BCUT2D eigenvalue weighted by molar-refractivity contribution is -0.132. The highest BCUT2D eigenvalue weighted by Gasteiger charge is 2.58. The minimum absolute atomic E-state index is 0.0710. The van der Waals surface area contributed by atoms with Gasteiger partial charge < -0.3 is 74.9 Å². The molecule has 26 nitrogen and oxygen atoms in total. The molecule has 528 valence electrons. The Morgan fingerprint density at radius 2 is 1.46 bits per heavy atom. The second-order valence-corrected chi connectivity index (χ2v) is 27.1. The van der Waals surface area contributed by atoms with Crippen LogP contribution in [0.5, 0.6) is 28.9 Å². The molecule has 7 aliphatic rings. The number of hydrogen-bond acceptors (Lipinski definition) is 19. The van der Waals surface area contributed by atoms with E-state index in [4.69, 9.17) is 28.4 Å². The van der Waals surface area contributed by atoms with Crippen LogP contribution in [-0.4, -0.2) is 151 Å². The molecule has 1 unspecified atom stereocenters. The average Bonchev–Trinajstić information content (AvgIpc) is 1.57. The van der Waals surface area contributed by atoms with Crippen molar-refractivity contribution in [3.8, 4) is 28.9 Å². The van der Waals surface area contributed by atoms with Crippen LogP contribution in [0, 0.1) is 11.3 Å². The van der Waals surface area contributed by atoms with Gasteiger partial charge in [0.15, 0.2) is 29.2 Å². The molecule has 5 aromatic carbocycles. The minimum Gasteiger partial charge on any atom is -0.493 e. The predicted molar refractivity (Wildman–Crippen MR) is 376 cm³/mol. The molecule has 1 aromatic heterocycles. The lowest BCUT2D eigenvalue weighted by Crippen LogP contribution is -2.53. The lowest BCUT2D eigenvalue weighted by Gasteiger charge is -2.31. The van der Waals surface area contributed by atoms with E-state index in [-0.39, 0.29) is 103 Å². The van der Waals surface area contributed by atoms with E-state index in [0.29, 0.717) is 77.9 Å². The van der Waals surface area contributed by atoms with Gasteiger partial charge in [-0.1, -0.05) is 68.4 Å². The second kappa shape index (κ2) is 28.8. The number of hydrogen-bond donors (Lipinski definition) is 7. The zero-order valence-corrected chi connectivity index (χ0v) is 57.7. The summed E-state index contributed by atoms with van der Waals surface area (Å²) in [6.07, 6.45) is 4.16. The largest absolute Gasteiger partial charge is 0.493 e. The number of nitrogens with zero attached hydrogens (tertiary/aromatic N) is 6. The third-order valence-corrected chi connectivity index (χ3v) is 19.7. The van der Waals surface area contributed by atoms with E-state index in [1.165, 1.54) is 33.3 Å². The maximum atomic E-state index is 14.5. The van der Waals surface area contributed by atoms with Gasteiger partial charge in [0.05, 0.1) is 92.8 Å². The SMILES string of the molecule is COc1ccc(C2=CN3C(=O)c4cc(OC)c(OCCCOc5cc6c(cc5OC)C(=O)N5CC7(CC7)C[C@H]5C(O)N6C(=O)OCc5ccc(NC(=O)[C@H](C)NC(=O)[C@@H](NC(=O)CCC(=O)N6Cc7ccccc7C7=C(NNN7C(C)C)c7ccccc76)C(C)C)cc5)cc4NC[C@@H]3C2)cn1. The van der Waals surface area contributed by atoms with E-state index >= 15 is 0 Å². The van der Waals surface area contributed by atoms with Crippen LogP contribution in [0.3, 0.4) is 0 Å². The summed E-state index contributed by atoms with van der Waals surface area (Å²) in [5, 5.41) is 26.1. The number of fused-ring (bicyclic) bond motifs is 8. The Morgan fingerprint density at radius 1 is 0.743 bits per heavy atom. The van der Waals surface area contributed by atoms with Crippen LogP contribution in [0.4, 0.5) is 27.5 Å². The molecular weight excluding hydrogens is 1290 g/mol. The van der Waals surface area contributed by atoms with Crippen molar-refractivity contribution in [3.05, 3.63) is 161 Å². The fourth-order valence-corrected chi connectivity index (χ4v) is 14.0. The number of carbonyl (C=O) groups is 7. The fraction of sp³-hybridized carbons (Fsp3) is 0.387. The number of aromatic nitrogens is 1. The van der Waals surface area contributed by atoms with Crippen molar-refractivity contribution in [2.45, 2.75) is 129 Å². The second-order valence-electron chi connectivity index (χ2n) is 27.1. The topological polar surface area (TPSA) is 296 Å². The average molecular weight is 1380 g/mol. The molecule has 2 fully saturated rings. The highest BCUT2D eigenvalue weighted by Crippen LogP contribution is 2.57. The van der Waals surface area contributed by atoms with Gasteiger partial charge in [-0.2, -0.15) is 0 Å².